The lowest BCUT2D eigenvalue weighted by Crippen LogP contribution is -2.50. The molecule has 1 aromatic rings. The van der Waals surface area contributed by atoms with Crippen LogP contribution in [0.3, 0.4) is 0 Å². The van der Waals surface area contributed by atoms with Gasteiger partial charge in [-0.1, -0.05) is 37.6 Å². The SMILES string of the molecule is CC(C)(Cc1cccc(Cl)c1)C(=O)NCC1CNC1. The fourth-order valence-electron chi connectivity index (χ4n) is 2.21. The predicted octanol–water partition coefficient (Wildman–Crippen LogP) is 2.24. The lowest BCUT2D eigenvalue weighted by atomic mass is 9.84. The van der Waals surface area contributed by atoms with Crippen LogP contribution in [-0.2, 0) is 11.2 Å². The van der Waals surface area contributed by atoms with Crippen LogP contribution < -0.4 is 10.6 Å². The zero-order valence-electron chi connectivity index (χ0n) is 11.5. The second-order valence-corrected chi connectivity index (χ2v) is 6.36. The van der Waals surface area contributed by atoms with Crippen molar-refractivity contribution in [2.75, 3.05) is 19.6 Å². The van der Waals surface area contributed by atoms with Crippen molar-refractivity contribution in [2.24, 2.45) is 11.3 Å². The molecule has 0 atom stereocenters. The van der Waals surface area contributed by atoms with Gasteiger partial charge in [0.25, 0.3) is 0 Å². The standard InChI is InChI=1S/C15H21ClN2O/c1-15(2,7-11-4-3-5-13(16)6-11)14(19)18-10-12-8-17-9-12/h3-6,12,17H,7-10H2,1-2H3,(H,18,19). The molecule has 2 rings (SSSR count). The number of halogens is 1. The molecule has 1 heterocycles. The molecule has 1 fully saturated rings. The lowest BCUT2D eigenvalue weighted by molar-refractivity contribution is -0.129. The maximum Gasteiger partial charge on any atom is 0.226 e. The predicted molar refractivity (Wildman–Crippen MR) is 78.3 cm³/mol. The van der Waals surface area contributed by atoms with Gasteiger partial charge in [0.05, 0.1) is 0 Å². The molecule has 4 heteroatoms. The fraction of sp³-hybridized carbons (Fsp3) is 0.533. The van der Waals surface area contributed by atoms with Crippen molar-refractivity contribution in [3.63, 3.8) is 0 Å². The fourth-order valence-corrected chi connectivity index (χ4v) is 2.42. The molecule has 1 saturated heterocycles. The van der Waals surface area contributed by atoms with E-state index in [1.165, 1.54) is 0 Å². The molecular weight excluding hydrogens is 260 g/mol. The Morgan fingerprint density at radius 1 is 1.47 bits per heavy atom. The van der Waals surface area contributed by atoms with Gasteiger partial charge in [-0.3, -0.25) is 4.79 Å². The molecule has 3 nitrogen and oxygen atoms in total. The second-order valence-electron chi connectivity index (χ2n) is 5.92. The molecule has 0 radical (unpaired) electrons. The smallest absolute Gasteiger partial charge is 0.226 e. The van der Waals surface area contributed by atoms with Crippen molar-refractivity contribution < 1.29 is 4.79 Å². The molecule has 0 aliphatic carbocycles. The molecule has 1 amide bonds. The van der Waals surface area contributed by atoms with Gasteiger partial charge >= 0.3 is 0 Å². The van der Waals surface area contributed by atoms with E-state index in [9.17, 15) is 4.79 Å². The number of hydrogen-bond donors (Lipinski definition) is 2. The van der Waals surface area contributed by atoms with Crippen LogP contribution in [-0.4, -0.2) is 25.5 Å². The average Bonchev–Trinajstić information content (AvgIpc) is 2.26. The number of hydrogen-bond acceptors (Lipinski definition) is 2. The monoisotopic (exact) mass is 280 g/mol. The third-order valence-corrected chi connectivity index (χ3v) is 3.80. The molecule has 0 aromatic heterocycles. The van der Waals surface area contributed by atoms with E-state index < -0.39 is 5.41 Å². The minimum atomic E-state index is -0.415. The van der Waals surface area contributed by atoms with Crippen LogP contribution >= 0.6 is 11.6 Å². The van der Waals surface area contributed by atoms with Crippen LogP contribution in [0.1, 0.15) is 19.4 Å². The van der Waals surface area contributed by atoms with Crippen molar-refractivity contribution >= 4 is 17.5 Å². The van der Waals surface area contributed by atoms with Gasteiger partial charge in [-0.05, 0) is 24.1 Å². The normalized spacial score (nSPS) is 15.9. The second kappa shape index (κ2) is 5.93. The van der Waals surface area contributed by atoms with Crippen molar-refractivity contribution in [3.8, 4) is 0 Å². The third-order valence-electron chi connectivity index (χ3n) is 3.57. The molecule has 0 bridgehead atoms. The highest BCUT2D eigenvalue weighted by Crippen LogP contribution is 2.24. The number of nitrogens with one attached hydrogen (secondary N) is 2. The maximum absolute atomic E-state index is 12.2. The summed E-state index contributed by atoms with van der Waals surface area (Å²) in [6.45, 7) is 6.74. The average molecular weight is 281 g/mol. The zero-order chi connectivity index (χ0) is 13.9. The van der Waals surface area contributed by atoms with Crippen LogP contribution in [0.4, 0.5) is 0 Å². The summed E-state index contributed by atoms with van der Waals surface area (Å²) in [4.78, 5) is 12.2. The summed E-state index contributed by atoms with van der Waals surface area (Å²) >= 11 is 5.97. The molecule has 19 heavy (non-hydrogen) atoms. The molecule has 1 aliphatic rings. The minimum Gasteiger partial charge on any atom is -0.355 e. The van der Waals surface area contributed by atoms with E-state index in [0.29, 0.717) is 17.4 Å². The highest BCUT2D eigenvalue weighted by atomic mass is 35.5. The van der Waals surface area contributed by atoms with Gasteiger partial charge in [0.15, 0.2) is 0 Å². The van der Waals surface area contributed by atoms with Gasteiger partial charge in [0.2, 0.25) is 5.91 Å². The van der Waals surface area contributed by atoms with Gasteiger partial charge in [-0.2, -0.15) is 0 Å². The molecule has 1 aromatic carbocycles. The first-order chi connectivity index (χ1) is 8.97. The quantitative estimate of drug-likeness (QED) is 0.869. The Bertz CT molecular complexity index is 455. The van der Waals surface area contributed by atoms with Gasteiger partial charge in [0, 0.05) is 36.0 Å². The van der Waals surface area contributed by atoms with E-state index >= 15 is 0 Å². The summed E-state index contributed by atoms with van der Waals surface area (Å²) in [6, 6.07) is 7.70. The molecule has 0 unspecified atom stereocenters. The number of benzene rings is 1. The number of rotatable bonds is 5. The first kappa shape index (κ1) is 14.4. The Morgan fingerprint density at radius 2 is 2.21 bits per heavy atom. The Kier molecular flexibility index (Phi) is 4.48. The largest absolute Gasteiger partial charge is 0.355 e. The lowest BCUT2D eigenvalue weighted by Gasteiger charge is -2.30. The van der Waals surface area contributed by atoms with E-state index in [1.807, 2.05) is 38.1 Å². The third kappa shape index (κ3) is 3.95. The van der Waals surface area contributed by atoms with Gasteiger partial charge in [0.1, 0.15) is 0 Å². The minimum absolute atomic E-state index is 0.111. The van der Waals surface area contributed by atoms with E-state index in [1.54, 1.807) is 0 Å². The van der Waals surface area contributed by atoms with Crippen molar-refractivity contribution in [1.82, 2.24) is 10.6 Å². The highest BCUT2D eigenvalue weighted by Gasteiger charge is 2.29. The van der Waals surface area contributed by atoms with Crippen LogP contribution in [0, 0.1) is 11.3 Å². The summed E-state index contributed by atoms with van der Waals surface area (Å²) in [6.07, 6.45) is 0.697. The molecule has 104 valence electrons. The Balaban J connectivity index is 1.90. The highest BCUT2D eigenvalue weighted by molar-refractivity contribution is 6.30. The Labute approximate surface area is 119 Å². The zero-order valence-corrected chi connectivity index (χ0v) is 12.3. The number of carbonyl (C=O) groups is 1. The van der Waals surface area contributed by atoms with Crippen molar-refractivity contribution in [1.29, 1.82) is 0 Å². The summed E-state index contributed by atoms with van der Waals surface area (Å²) in [5.74, 6) is 0.699. The molecule has 2 N–H and O–H groups in total. The summed E-state index contributed by atoms with van der Waals surface area (Å²) in [5.41, 5.74) is 0.681. The van der Waals surface area contributed by atoms with Crippen LogP contribution in [0.15, 0.2) is 24.3 Å². The van der Waals surface area contributed by atoms with E-state index in [4.69, 9.17) is 11.6 Å². The number of carbonyl (C=O) groups excluding carboxylic acids is 1. The van der Waals surface area contributed by atoms with Gasteiger partial charge in [-0.25, -0.2) is 0 Å². The Hall–Kier alpha value is -1.06. The van der Waals surface area contributed by atoms with E-state index in [0.717, 1.165) is 25.2 Å². The Morgan fingerprint density at radius 3 is 2.79 bits per heavy atom. The topological polar surface area (TPSA) is 41.1 Å². The molecule has 1 aliphatic heterocycles. The summed E-state index contributed by atoms with van der Waals surface area (Å²) < 4.78 is 0. The van der Waals surface area contributed by atoms with Gasteiger partial charge < -0.3 is 10.6 Å². The van der Waals surface area contributed by atoms with Crippen LogP contribution in [0.2, 0.25) is 5.02 Å². The first-order valence-electron chi connectivity index (χ1n) is 6.71. The first-order valence-corrected chi connectivity index (χ1v) is 7.08. The van der Waals surface area contributed by atoms with E-state index in [2.05, 4.69) is 10.6 Å². The molecule has 0 spiro atoms. The summed E-state index contributed by atoms with van der Waals surface area (Å²) in [5, 5.41) is 6.97. The number of amides is 1. The van der Waals surface area contributed by atoms with Gasteiger partial charge in [-0.15, -0.1) is 0 Å². The van der Waals surface area contributed by atoms with Crippen molar-refractivity contribution in [3.05, 3.63) is 34.9 Å². The molecular formula is C15H21ClN2O. The maximum atomic E-state index is 12.2. The van der Waals surface area contributed by atoms with Crippen LogP contribution in [0.25, 0.3) is 0 Å². The van der Waals surface area contributed by atoms with Crippen molar-refractivity contribution in [2.45, 2.75) is 20.3 Å². The summed E-state index contributed by atoms with van der Waals surface area (Å²) in [7, 11) is 0. The molecule has 0 saturated carbocycles. The van der Waals surface area contributed by atoms with Crippen LogP contribution in [0.5, 0.6) is 0 Å². The van der Waals surface area contributed by atoms with E-state index in [-0.39, 0.29) is 5.91 Å².